The van der Waals surface area contributed by atoms with E-state index in [9.17, 15) is 18.0 Å². The summed E-state index contributed by atoms with van der Waals surface area (Å²) in [5.74, 6) is -0.113. The van der Waals surface area contributed by atoms with E-state index in [1.807, 2.05) is 24.0 Å². The van der Waals surface area contributed by atoms with Gasteiger partial charge in [0.25, 0.3) is 5.91 Å². The predicted octanol–water partition coefficient (Wildman–Crippen LogP) is 4.03. The third-order valence-corrected chi connectivity index (χ3v) is 6.63. The molecule has 3 aliphatic heterocycles. The van der Waals surface area contributed by atoms with Crippen molar-refractivity contribution in [2.24, 2.45) is 5.10 Å². The number of benzene rings is 1. The van der Waals surface area contributed by atoms with Gasteiger partial charge in [-0.3, -0.25) is 9.78 Å². The van der Waals surface area contributed by atoms with E-state index in [2.05, 4.69) is 15.4 Å². The van der Waals surface area contributed by atoms with Crippen molar-refractivity contribution in [3.8, 4) is 0 Å². The van der Waals surface area contributed by atoms with E-state index in [1.54, 1.807) is 6.20 Å². The van der Waals surface area contributed by atoms with Gasteiger partial charge in [0.15, 0.2) is 5.84 Å². The molecular weight excluding hydrogens is 443 g/mol. The number of fused-ring (bicyclic) bond motifs is 4. The summed E-state index contributed by atoms with van der Waals surface area (Å²) in [5.41, 5.74) is 0.363. The molecule has 4 heterocycles. The third-order valence-electron chi connectivity index (χ3n) is 6.23. The van der Waals surface area contributed by atoms with Crippen LogP contribution in [0, 0.1) is 6.92 Å². The molecular formula is C22H21ClF3N5O. The number of piperidine rings is 1. The van der Waals surface area contributed by atoms with Crippen LogP contribution in [0.2, 0.25) is 5.02 Å². The average Bonchev–Trinajstić information content (AvgIpc) is 3.12. The lowest BCUT2D eigenvalue weighted by Crippen LogP contribution is -2.67. The molecule has 6 nitrogen and oxygen atoms in total. The number of alkyl halides is 3. The topological polar surface area (TPSA) is 60.8 Å². The van der Waals surface area contributed by atoms with Gasteiger partial charge in [-0.2, -0.15) is 13.2 Å². The van der Waals surface area contributed by atoms with Crippen LogP contribution in [0.1, 0.15) is 46.4 Å². The van der Waals surface area contributed by atoms with Crippen LogP contribution in [0.5, 0.6) is 0 Å². The second-order valence-electron chi connectivity index (χ2n) is 8.42. The van der Waals surface area contributed by atoms with Gasteiger partial charge in [0.05, 0.1) is 16.1 Å². The lowest BCUT2D eigenvalue weighted by molar-refractivity contribution is -0.137. The lowest BCUT2D eigenvalue weighted by Gasteiger charge is -2.47. The largest absolute Gasteiger partial charge is 0.417 e. The molecule has 3 unspecified atom stereocenters. The molecule has 1 amide bonds. The number of aryl methyl sites for hydroxylation is 1. The molecule has 2 bridgehead atoms. The number of hydrogen-bond acceptors (Lipinski definition) is 5. The number of aromatic nitrogens is 1. The highest BCUT2D eigenvalue weighted by atomic mass is 35.5. The van der Waals surface area contributed by atoms with Gasteiger partial charge in [-0.15, -0.1) is 5.10 Å². The summed E-state index contributed by atoms with van der Waals surface area (Å²) in [6, 6.07) is 7.33. The highest BCUT2D eigenvalue weighted by Crippen LogP contribution is 2.38. The summed E-state index contributed by atoms with van der Waals surface area (Å²) in [6.07, 6.45) is -0.574. The Morgan fingerprint density at radius 2 is 2.06 bits per heavy atom. The van der Waals surface area contributed by atoms with Crippen LogP contribution in [-0.4, -0.2) is 51.4 Å². The van der Waals surface area contributed by atoms with Gasteiger partial charge in [-0.1, -0.05) is 24.1 Å². The van der Waals surface area contributed by atoms with Crippen LogP contribution < -0.4 is 5.32 Å². The van der Waals surface area contributed by atoms with Gasteiger partial charge < -0.3 is 10.2 Å². The molecule has 1 aromatic carbocycles. The van der Waals surface area contributed by atoms with Crippen LogP contribution in [0.4, 0.5) is 13.2 Å². The molecule has 2 aromatic rings. The number of hydrazone groups is 1. The second-order valence-corrected chi connectivity index (χ2v) is 8.80. The predicted molar refractivity (Wildman–Crippen MR) is 113 cm³/mol. The zero-order valence-corrected chi connectivity index (χ0v) is 18.0. The number of halogens is 4. The van der Waals surface area contributed by atoms with Crippen molar-refractivity contribution in [1.82, 2.24) is 20.2 Å². The fraction of sp³-hybridized carbons (Fsp3) is 0.409. The van der Waals surface area contributed by atoms with Gasteiger partial charge in [0.1, 0.15) is 11.9 Å². The molecule has 168 valence electrons. The van der Waals surface area contributed by atoms with Crippen LogP contribution in [0.25, 0.3) is 0 Å². The highest BCUT2D eigenvalue weighted by molar-refractivity contribution is 6.34. The molecule has 3 aliphatic rings. The number of amides is 1. The minimum atomic E-state index is -4.66. The van der Waals surface area contributed by atoms with E-state index in [0.29, 0.717) is 18.1 Å². The van der Waals surface area contributed by atoms with Crippen molar-refractivity contribution >= 4 is 23.3 Å². The monoisotopic (exact) mass is 463 g/mol. The van der Waals surface area contributed by atoms with Gasteiger partial charge in [0, 0.05) is 24.8 Å². The Bertz CT molecular complexity index is 1110. The summed E-state index contributed by atoms with van der Waals surface area (Å²) in [7, 11) is 0. The number of carbonyl (C=O) groups excluding carboxylic acids is 1. The number of nitrogens with zero attached hydrogens (tertiary/aromatic N) is 4. The lowest BCUT2D eigenvalue weighted by atomic mass is 9.91. The Hall–Kier alpha value is -2.65. The first-order valence-corrected chi connectivity index (χ1v) is 10.9. The van der Waals surface area contributed by atoms with Crippen LogP contribution in [-0.2, 0) is 6.18 Å². The fourth-order valence-corrected chi connectivity index (χ4v) is 5.10. The van der Waals surface area contributed by atoms with Crippen molar-refractivity contribution in [2.45, 2.75) is 50.6 Å². The molecule has 1 aromatic heterocycles. The maximum Gasteiger partial charge on any atom is 0.417 e. The maximum absolute atomic E-state index is 13.5. The molecule has 0 aliphatic carbocycles. The molecule has 0 spiro atoms. The quantitative estimate of drug-likeness (QED) is 0.730. The van der Waals surface area contributed by atoms with E-state index in [1.165, 1.54) is 17.1 Å². The maximum atomic E-state index is 13.5. The van der Waals surface area contributed by atoms with Crippen LogP contribution in [0.15, 0.2) is 41.6 Å². The molecule has 2 fully saturated rings. The van der Waals surface area contributed by atoms with Gasteiger partial charge in [0.2, 0.25) is 0 Å². The first-order chi connectivity index (χ1) is 15.2. The number of pyridine rings is 1. The first-order valence-electron chi connectivity index (χ1n) is 10.5. The van der Waals surface area contributed by atoms with Gasteiger partial charge in [-0.25, -0.2) is 5.01 Å². The average molecular weight is 464 g/mol. The highest BCUT2D eigenvalue weighted by Gasteiger charge is 2.49. The Kier molecular flexibility index (Phi) is 5.13. The summed E-state index contributed by atoms with van der Waals surface area (Å²) in [6.45, 7) is 2.58. The normalized spacial score (nSPS) is 24.9. The number of hydrogen-bond donors (Lipinski definition) is 1. The number of nitrogens with one attached hydrogen (secondary N) is 1. The molecule has 10 heteroatoms. The summed E-state index contributed by atoms with van der Waals surface area (Å²) in [5, 5.41) is 8.82. The van der Waals surface area contributed by atoms with Crippen molar-refractivity contribution in [3.05, 3.63) is 63.9 Å². The third kappa shape index (κ3) is 3.53. The van der Waals surface area contributed by atoms with Crippen molar-refractivity contribution in [1.29, 1.82) is 0 Å². The summed E-state index contributed by atoms with van der Waals surface area (Å²) >= 11 is 6.06. The molecule has 3 atom stereocenters. The molecule has 2 saturated heterocycles. The van der Waals surface area contributed by atoms with E-state index in [0.717, 1.165) is 30.9 Å². The zero-order valence-electron chi connectivity index (χ0n) is 17.2. The minimum absolute atomic E-state index is 0.0536. The van der Waals surface area contributed by atoms with E-state index in [-0.39, 0.29) is 17.6 Å². The van der Waals surface area contributed by atoms with E-state index in [4.69, 9.17) is 11.6 Å². The summed E-state index contributed by atoms with van der Waals surface area (Å²) < 4.78 is 40.1. The molecule has 1 N–H and O–H groups in total. The molecule has 0 saturated carbocycles. The van der Waals surface area contributed by atoms with E-state index < -0.39 is 28.8 Å². The number of piperazine rings is 1. The minimum Gasteiger partial charge on any atom is -0.328 e. The second kappa shape index (κ2) is 7.74. The van der Waals surface area contributed by atoms with Gasteiger partial charge >= 0.3 is 6.18 Å². The van der Waals surface area contributed by atoms with Crippen molar-refractivity contribution in [3.63, 3.8) is 0 Å². The molecule has 0 radical (unpaired) electrons. The smallest absolute Gasteiger partial charge is 0.328 e. The Morgan fingerprint density at radius 3 is 2.81 bits per heavy atom. The molecule has 32 heavy (non-hydrogen) atoms. The van der Waals surface area contributed by atoms with Crippen molar-refractivity contribution < 1.29 is 18.0 Å². The van der Waals surface area contributed by atoms with Crippen LogP contribution >= 0.6 is 11.6 Å². The Morgan fingerprint density at radius 1 is 1.25 bits per heavy atom. The Labute approximate surface area is 188 Å². The standard InChI is InChI=1S/C22H21ClF3N5O/c1-12-8-9-27-17(10-12)19-29-31(20-16-7-2-4-13(28-16)11-30(19)20)21(32)14-5-3-6-15(18(14)23)22(24,25)26/h3,5-6,8-10,13,16,20,28H,2,4,7,11H2,1H3. The van der Waals surface area contributed by atoms with E-state index >= 15 is 0 Å². The summed E-state index contributed by atoms with van der Waals surface area (Å²) in [4.78, 5) is 20.0. The fourth-order valence-electron chi connectivity index (χ4n) is 4.79. The number of amidine groups is 1. The number of carbonyl (C=O) groups is 1. The van der Waals surface area contributed by atoms with Crippen LogP contribution in [0.3, 0.4) is 0 Å². The van der Waals surface area contributed by atoms with Gasteiger partial charge in [-0.05, 0) is 49.6 Å². The van der Waals surface area contributed by atoms with Crippen molar-refractivity contribution in [2.75, 3.05) is 6.54 Å². The molecule has 5 rings (SSSR count). The number of rotatable bonds is 2. The first kappa shape index (κ1) is 21.2. The zero-order chi connectivity index (χ0) is 22.6. The Balaban J connectivity index is 1.58. The SMILES string of the molecule is Cc1ccnc(C2=NN(C(=O)c3cccc(C(F)(F)F)c3Cl)C3C4CCCC(CN23)N4)c1.